The van der Waals surface area contributed by atoms with E-state index in [1.807, 2.05) is 13.8 Å². The van der Waals surface area contributed by atoms with Gasteiger partial charge in [-0.15, -0.1) is 0 Å². The highest BCUT2D eigenvalue weighted by atomic mass is 16.6. The van der Waals surface area contributed by atoms with Crippen molar-refractivity contribution in [3.8, 4) is 0 Å². The maximum Gasteiger partial charge on any atom is 0.300 e. The number of hydrogen-bond acceptors (Lipinski definition) is 7. The van der Waals surface area contributed by atoms with E-state index in [1.54, 1.807) is 18.2 Å². The van der Waals surface area contributed by atoms with E-state index < -0.39 is 32.7 Å². The monoisotopic (exact) mass is 346 g/mol. The Kier molecular flexibility index (Phi) is 4.94. The summed E-state index contributed by atoms with van der Waals surface area (Å²) >= 11 is 0. The van der Waals surface area contributed by atoms with Gasteiger partial charge in [-0.3, -0.25) is 30.2 Å². The van der Waals surface area contributed by atoms with Crippen molar-refractivity contribution >= 4 is 28.7 Å². The molecule has 0 heterocycles. The molecule has 10 nitrogen and oxygen atoms in total. The normalized spacial score (nSPS) is 10.2. The summed E-state index contributed by atoms with van der Waals surface area (Å²) in [4.78, 5) is 32.4. The van der Waals surface area contributed by atoms with Gasteiger partial charge in [0.15, 0.2) is 0 Å². The van der Waals surface area contributed by atoms with Crippen LogP contribution >= 0.6 is 0 Å². The number of aryl methyl sites for hydroxylation is 2. The van der Waals surface area contributed by atoms with E-state index in [2.05, 4.69) is 5.32 Å². The van der Waals surface area contributed by atoms with E-state index in [0.717, 1.165) is 23.3 Å². The number of carbonyl (C=O) groups excluding carboxylic acids is 1. The van der Waals surface area contributed by atoms with Gasteiger partial charge in [-0.1, -0.05) is 6.07 Å². The van der Waals surface area contributed by atoms with Crippen LogP contribution in [0.4, 0.5) is 22.7 Å². The van der Waals surface area contributed by atoms with Gasteiger partial charge in [-0.05, 0) is 37.1 Å². The zero-order valence-electron chi connectivity index (χ0n) is 13.3. The Hall–Kier alpha value is -3.53. The molecule has 0 fully saturated rings. The van der Waals surface area contributed by atoms with Gasteiger partial charge in [0.2, 0.25) is 0 Å². The molecule has 1 amide bonds. The number of nitrogens with one attached hydrogen (secondary N) is 2. The van der Waals surface area contributed by atoms with Crippen LogP contribution < -0.4 is 10.8 Å². The smallest absolute Gasteiger partial charge is 0.300 e. The molecule has 2 aromatic carbocycles. The molecule has 0 saturated heterocycles. The molecule has 0 aliphatic heterocycles. The summed E-state index contributed by atoms with van der Waals surface area (Å²) in [5.74, 6) is -1.11. The molecule has 0 saturated carbocycles. The molecule has 0 spiro atoms. The molecular weight excluding hydrogens is 332 g/mol. The number of benzene rings is 2. The predicted molar refractivity (Wildman–Crippen MR) is 88.2 cm³/mol. The van der Waals surface area contributed by atoms with Crippen molar-refractivity contribution in [2.45, 2.75) is 13.8 Å². The Balaban J connectivity index is 2.67. The molecule has 0 bridgehead atoms. The lowest BCUT2D eigenvalue weighted by Gasteiger charge is -2.12. The minimum Gasteiger partial charge on any atom is -0.349 e. The molecule has 3 N–H and O–H groups in total. The molecule has 0 aromatic heterocycles. The highest BCUT2D eigenvalue weighted by molar-refractivity contribution is 6.02. The maximum absolute atomic E-state index is 11.8. The number of non-ortho nitro benzene ring substituents is 1. The molecule has 2 rings (SSSR count). The van der Waals surface area contributed by atoms with Gasteiger partial charge < -0.3 is 5.32 Å². The number of hydrogen-bond donors (Lipinski definition) is 3. The first-order valence-electron chi connectivity index (χ1n) is 7.00. The Bertz CT molecular complexity index is 881. The Morgan fingerprint density at radius 1 is 1.04 bits per heavy atom. The van der Waals surface area contributed by atoms with Crippen molar-refractivity contribution in [2.24, 2.45) is 0 Å². The van der Waals surface area contributed by atoms with Crippen molar-refractivity contribution in [1.82, 2.24) is 5.48 Å². The average Bonchev–Trinajstić information content (AvgIpc) is 2.57. The molecule has 2 aromatic rings. The summed E-state index contributed by atoms with van der Waals surface area (Å²) in [5.41, 5.74) is 1.70. The van der Waals surface area contributed by atoms with E-state index in [0.29, 0.717) is 5.69 Å². The summed E-state index contributed by atoms with van der Waals surface area (Å²) < 4.78 is 0. The van der Waals surface area contributed by atoms with Crippen LogP contribution in [0.15, 0.2) is 30.3 Å². The molecule has 25 heavy (non-hydrogen) atoms. The van der Waals surface area contributed by atoms with Crippen LogP contribution in [0, 0.1) is 34.1 Å². The summed E-state index contributed by atoms with van der Waals surface area (Å²) in [7, 11) is 0. The van der Waals surface area contributed by atoms with Crippen LogP contribution in [0.1, 0.15) is 21.5 Å². The van der Waals surface area contributed by atoms with Crippen LogP contribution in [0.3, 0.4) is 0 Å². The molecule has 0 unspecified atom stereocenters. The molecular formula is C15H14N4O6. The number of nitrogens with zero attached hydrogens (tertiary/aromatic N) is 2. The lowest BCUT2D eigenvalue weighted by atomic mass is 10.1. The van der Waals surface area contributed by atoms with Gasteiger partial charge >= 0.3 is 0 Å². The van der Waals surface area contributed by atoms with E-state index in [-0.39, 0.29) is 5.69 Å². The number of hydroxylamine groups is 1. The second-order valence-corrected chi connectivity index (χ2v) is 5.27. The first-order chi connectivity index (χ1) is 11.7. The standard InChI is InChI=1S/C15H14N4O6/c1-8-3-4-10(5-9(8)2)16-14-12(15(20)17-21)6-11(18(22)23)7-13(14)19(24)25/h3-7,16,21H,1-2H3,(H,17,20). The molecule has 0 aliphatic carbocycles. The van der Waals surface area contributed by atoms with E-state index in [4.69, 9.17) is 5.21 Å². The second-order valence-electron chi connectivity index (χ2n) is 5.27. The fourth-order valence-electron chi connectivity index (χ4n) is 2.20. The second kappa shape index (κ2) is 6.93. The van der Waals surface area contributed by atoms with Crippen molar-refractivity contribution < 1.29 is 19.8 Å². The minimum absolute atomic E-state index is 0.259. The fourth-order valence-corrected chi connectivity index (χ4v) is 2.20. The molecule has 0 radical (unpaired) electrons. The SMILES string of the molecule is Cc1ccc(Nc2c(C(=O)NO)cc([N+](=O)[O-])cc2[N+](=O)[O-])cc1C. The minimum atomic E-state index is -1.11. The highest BCUT2D eigenvalue weighted by Crippen LogP contribution is 2.35. The van der Waals surface area contributed by atoms with Gasteiger partial charge in [0.05, 0.1) is 21.5 Å². The Morgan fingerprint density at radius 3 is 2.24 bits per heavy atom. The largest absolute Gasteiger partial charge is 0.349 e. The van der Waals surface area contributed by atoms with E-state index in [9.17, 15) is 25.0 Å². The van der Waals surface area contributed by atoms with Crippen LogP contribution in [0.2, 0.25) is 0 Å². The molecule has 130 valence electrons. The van der Waals surface area contributed by atoms with Crippen LogP contribution in [0.5, 0.6) is 0 Å². The van der Waals surface area contributed by atoms with Crippen LogP contribution in [-0.4, -0.2) is 21.0 Å². The summed E-state index contributed by atoms with van der Waals surface area (Å²) in [6.45, 7) is 3.73. The predicted octanol–water partition coefficient (Wildman–Crippen LogP) is 2.98. The first-order valence-corrected chi connectivity index (χ1v) is 7.00. The first kappa shape index (κ1) is 17.8. The number of amides is 1. The number of carbonyl (C=O) groups is 1. The third kappa shape index (κ3) is 3.70. The third-order valence-electron chi connectivity index (χ3n) is 3.63. The van der Waals surface area contributed by atoms with Gasteiger partial charge in [-0.25, -0.2) is 5.48 Å². The van der Waals surface area contributed by atoms with Gasteiger partial charge in [0.25, 0.3) is 17.3 Å². The highest BCUT2D eigenvalue weighted by Gasteiger charge is 2.27. The van der Waals surface area contributed by atoms with Crippen molar-refractivity contribution in [3.05, 3.63) is 67.3 Å². The lowest BCUT2D eigenvalue weighted by Crippen LogP contribution is -2.20. The number of nitro groups is 2. The van der Waals surface area contributed by atoms with Gasteiger partial charge in [0.1, 0.15) is 5.69 Å². The molecule has 0 aliphatic rings. The summed E-state index contributed by atoms with van der Waals surface area (Å²) in [6.07, 6.45) is 0. The maximum atomic E-state index is 11.8. The van der Waals surface area contributed by atoms with Crippen molar-refractivity contribution in [2.75, 3.05) is 5.32 Å². The lowest BCUT2D eigenvalue weighted by molar-refractivity contribution is -0.393. The average molecular weight is 346 g/mol. The summed E-state index contributed by atoms with van der Waals surface area (Å²) in [6, 6.07) is 6.73. The zero-order valence-corrected chi connectivity index (χ0v) is 13.3. The third-order valence-corrected chi connectivity index (χ3v) is 3.63. The Morgan fingerprint density at radius 2 is 1.72 bits per heavy atom. The van der Waals surface area contributed by atoms with Crippen molar-refractivity contribution in [3.63, 3.8) is 0 Å². The number of rotatable bonds is 5. The van der Waals surface area contributed by atoms with Gasteiger partial charge in [0, 0.05) is 11.8 Å². The fraction of sp³-hybridized carbons (Fsp3) is 0.133. The topological polar surface area (TPSA) is 148 Å². The van der Waals surface area contributed by atoms with Crippen molar-refractivity contribution in [1.29, 1.82) is 0 Å². The molecule has 10 heteroatoms. The number of anilines is 2. The Labute approximate surface area is 141 Å². The van der Waals surface area contributed by atoms with E-state index in [1.165, 1.54) is 5.48 Å². The molecule has 0 atom stereocenters. The zero-order chi connectivity index (χ0) is 18.7. The quantitative estimate of drug-likeness (QED) is 0.428. The number of nitro benzene ring substituents is 2. The van der Waals surface area contributed by atoms with E-state index >= 15 is 0 Å². The van der Waals surface area contributed by atoms with Crippen LogP contribution in [0.25, 0.3) is 0 Å². The van der Waals surface area contributed by atoms with Gasteiger partial charge in [-0.2, -0.15) is 0 Å². The van der Waals surface area contributed by atoms with Crippen LogP contribution in [-0.2, 0) is 0 Å². The summed E-state index contributed by atoms with van der Waals surface area (Å²) in [5, 5.41) is 33.9.